The number of likely N-dealkylation sites (N-methyl/N-ethyl adjacent to an activating group) is 1. The molecule has 1 aromatic carbocycles. The largest absolute Gasteiger partial charge is 0.506 e. The molecule has 0 aliphatic heterocycles. The van der Waals surface area contributed by atoms with Crippen LogP contribution in [-0.4, -0.2) is 30.2 Å². The van der Waals surface area contributed by atoms with Crippen LogP contribution in [0, 0.1) is 0 Å². The maximum atomic E-state index is 11.0. The Morgan fingerprint density at radius 2 is 2.12 bits per heavy atom. The van der Waals surface area contributed by atoms with Gasteiger partial charge in [0.1, 0.15) is 5.75 Å². The van der Waals surface area contributed by atoms with E-state index in [1.165, 1.54) is 25.4 Å². The number of nitrogens with one attached hydrogen (secondary N) is 2. The fraction of sp³-hybridized carbons (Fsp3) is 0.100. The van der Waals surface area contributed by atoms with Crippen molar-refractivity contribution in [2.24, 2.45) is 5.10 Å². The van der Waals surface area contributed by atoms with E-state index in [0.29, 0.717) is 5.56 Å². The van der Waals surface area contributed by atoms with Gasteiger partial charge in [-0.3, -0.25) is 9.59 Å². The second-order valence-corrected chi connectivity index (χ2v) is 3.40. The Morgan fingerprint density at radius 3 is 2.71 bits per heavy atom. The minimum Gasteiger partial charge on any atom is -0.506 e. The summed E-state index contributed by atoms with van der Waals surface area (Å²) in [4.78, 5) is 21.8. The van der Waals surface area contributed by atoms with Gasteiger partial charge in [0, 0.05) is 7.05 Å². The molecule has 0 aliphatic carbocycles. The number of nitrogens with zero attached hydrogens (tertiary/aromatic N) is 1. The first-order valence-electron chi connectivity index (χ1n) is 4.58. The summed E-state index contributed by atoms with van der Waals surface area (Å²) in [6.07, 6.45) is 1.30. The lowest BCUT2D eigenvalue weighted by Gasteiger charge is -1.98. The van der Waals surface area contributed by atoms with Crippen LogP contribution in [0.25, 0.3) is 0 Å². The third kappa shape index (κ3) is 3.76. The Hall–Kier alpha value is -2.08. The minimum absolute atomic E-state index is 0.0433. The number of phenolic OH excluding ortho intramolecular Hbond substituents is 1. The Bertz CT molecular complexity index is 474. The number of carbonyl (C=O) groups is 2. The van der Waals surface area contributed by atoms with Crippen molar-refractivity contribution in [1.82, 2.24) is 10.7 Å². The van der Waals surface area contributed by atoms with Crippen LogP contribution in [0.1, 0.15) is 5.56 Å². The number of rotatable bonds is 2. The molecule has 0 atom stereocenters. The van der Waals surface area contributed by atoms with E-state index in [1.807, 2.05) is 5.43 Å². The first kappa shape index (κ1) is 13.0. The number of hydrogen-bond donors (Lipinski definition) is 3. The molecule has 0 saturated heterocycles. The van der Waals surface area contributed by atoms with Gasteiger partial charge in [0.25, 0.3) is 0 Å². The van der Waals surface area contributed by atoms with Gasteiger partial charge in [-0.25, -0.2) is 5.43 Å². The maximum Gasteiger partial charge on any atom is 0.329 e. The molecule has 0 bridgehead atoms. The van der Waals surface area contributed by atoms with Crippen LogP contribution in [0.4, 0.5) is 0 Å². The zero-order valence-corrected chi connectivity index (χ0v) is 9.65. The average Bonchev–Trinajstić information content (AvgIpc) is 2.32. The van der Waals surface area contributed by atoms with Crippen LogP contribution < -0.4 is 10.7 Å². The number of hydrazone groups is 1. The Labute approximate surface area is 102 Å². The number of amides is 2. The predicted octanol–water partition coefficient (Wildman–Crippen LogP) is 0.242. The highest BCUT2D eigenvalue weighted by molar-refractivity contribution is 6.35. The van der Waals surface area contributed by atoms with Gasteiger partial charge in [-0.2, -0.15) is 5.10 Å². The van der Waals surface area contributed by atoms with Crippen LogP contribution in [0.3, 0.4) is 0 Å². The average molecular weight is 256 g/mol. The normalized spacial score (nSPS) is 10.2. The summed E-state index contributed by atoms with van der Waals surface area (Å²) in [5.41, 5.74) is 2.60. The summed E-state index contributed by atoms with van der Waals surface area (Å²) >= 11 is 5.67. The van der Waals surface area contributed by atoms with Crippen LogP contribution in [0.5, 0.6) is 5.75 Å². The van der Waals surface area contributed by atoms with Crippen molar-refractivity contribution in [3.8, 4) is 5.75 Å². The highest BCUT2D eigenvalue weighted by atomic mass is 35.5. The Balaban J connectivity index is 2.62. The van der Waals surface area contributed by atoms with Gasteiger partial charge in [-0.15, -0.1) is 0 Å². The van der Waals surface area contributed by atoms with Crippen molar-refractivity contribution >= 4 is 29.6 Å². The van der Waals surface area contributed by atoms with E-state index < -0.39 is 11.8 Å². The third-order valence-corrected chi connectivity index (χ3v) is 2.09. The number of carbonyl (C=O) groups excluding carboxylic acids is 2. The molecule has 3 N–H and O–H groups in total. The van der Waals surface area contributed by atoms with E-state index in [2.05, 4.69) is 10.4 Å². The van der Waals surface area contributed by atoms with Gasteiger partial charge < -0.3 is 10.4 Å². The molecule has 90 valence electrons. The van der Waals surface area contributed by atoms with E-state index in [0.717, 1.165) is 0 Å². The van der Waals surface area contributed by atoms with E-state index in [-0.39, 0.29) is 10.8 Å². The van der Waals surface area contributed by atoms with E-state index in [1.54, 1.807) is 6.07 Å². The molecule has 0 radical (unpaired) electrons. The summed E-state index contributed by atoms with van der Waals surface area (Å²) in [5.74, 6) is -1.70. The molecule has 1 aromatic rings. The fourth-order valence-corrected chi connectivity index (χ4v) is 1.12. The molecule has 0 aliphatic rings. The summed E-state index contributed by atoms with van der Waals surface area (Å²) in [6.45, 7) is 0. The molecule has 2 amide bonds. The van der Waals surface area contributed by atoms with Crippen molar-refractivity contribution in [3.05, 3.63) is 28.8 Å². The van der Waals surface area contributed by atoms with Gasteiger partial charge in [-0.05, 0) is 23.8 Å². The second kappa shape index (κ2) is 5.86. The van der Waals surface area contributed by atoms with Crippen molar-refractivity contribution in [3.63, 3.8) is 0 Å². The van der Waals surface area contributed by atoms with E-state index >= 15 is 0 Å². The molecule has 0 saturated carbocycles. The standard InChI is InChI=1S/C10H10ClN3O3/c1-12-9(16)10(17)14-13-5-6-2-3-8(15)7(11)4-6/h2-5,15H,1H3,(H,12,16)(H,14,17)/b13-5-. The molecule has 0 unspecified atom stereocenters. The molecule has 0 aromatic heterocycles. The SMILES string of the molecule is CNC(=O)C(=O)N/N=C\c1ccc(O)c(Cl)c1. The third-order valence-electron chi connectivity index (χ3n) is 1.78. The first-order chi connectivity index (χ1) is 8.04. The van der Waals surface area contributed by atoms with Crippen LogP contribution >= 0.6 is 11.6 Å². The molecular formula is C10H10ClN3O3. The van der Waals surface area contributed by atoms with Crippen LogP contribution in [-0.2, 0) is 9.59 Å². The Kier molecular flexibility index (Phi) is 4.47. The lowest BCUT2D eigenvalue weighted by atomic mass is 10.2. The fourth-order valence-electron chi connectivity index (χ4n) is 0.933. The smallest absolute Gasteiger partial charge is 0.329 e. The van der Waals surface area contributed by atoms with Crippen molar-refractivity contribution in [2.45, 2.75) is 0 Å². The lowest BCUT2D eigenvalue weighted by molar-refractivity contribution is -0.138. The van der Waals surface area contributed by atoms with Gasteiger partial charge >= 0.3 is 11.8 Å². The van der Waals surface area contributed by atoms with Crippen molar-refractivity contribution < 1.29 is 14.7 Å². The minimum atomic E-state index is -0.867. The monoisotopic (exact) mass is 255 g/mol. The zero-order chi connectivity index (χ0) is 12.8. The van der Waals surface area contributed by atoms with Crippen LogP contribution in [0.2, 0.25) is 5.02 Å². The molecule has 0 heterocycles. The number of aromatic hydroxyl groups is 1. The van der Waals surface area contributed by atoms with Gasteiger partial charge in [0.05, 0.1) is 11.2 Å². The molecular weight excluding hydrogens is 246 g/mol. The topological polar surface area (TPSA) is 90.8 Å². The van der Waals surface area contributed by atoms with E-state index in [4.69, 9.17) is 16.7 Å². The molecule has 7 heteroatoms. The summed E-state index contributed by atoms with van der Waals surface area (Å²) in [5, 5.41) is 15.0. The van der Waals surface area contributed by atoms with Crippen LogP contribution in [0.15, 0.2) is 23.3 Å². The van der Waals surface area contributed by atoms with Crippen molar-refractivity contribution in [2.75, 3.05) is 7.05 Å². The summed E-state index contributed by atoms with van der Waals surface area (Å²) in [7, 11) is 1.34. The highest BCUT2D eigenvalue weighted by Crippen LogP contribution is 2.22. The molecule has 17 heavy (non-hydrogen) atoms. The number of halogens is 1. The summed E-state index contributed by atoms with van der Waals surface area (Å²) < 4.78 is 0. The first-order valence-corrected chi connectivity index (χ1v) is 4.96. The molecule has 6 nitrogen and oxygen atoms in total. The highest BCUT2D eigenvalue weighted by Gasteiger charge is 2.08. The second-order valence-electron chi connectivity index (χ2n) is 2.99. The molecule has 0 fully saturated rings. The van der Waals surface area contributed by atoms with Crippen molar-refractivity contribution in [1.29, 1.82) is 0 Å². The Morgan fingerprint density at radius 1 is 1.41 bits per heavy atom. The number of hydrogen-bond acceptors (Lipinski definition) is 4. The number of benzene rings is 1. The van der Waals surface area contributed by atoms with Gasteiger partial charge in [-0.1, -0.05) is 11.6 Å². The van der Waals surface area contributed by atoms with Gasteiger partial charge in [0.15, 0.2) is 0 Å². The predicted molar refractivity (Wildman–Crippen MR) is 62.9 cm³/mol. The zero-order valence-electron chi connectivity index (χ0n) is 8.90. The quantitative estimate of drug-likeness (QED) is 0.402. The molecule has 1 rings (SSSR count). The maximum absolute atomic E-state index is 11.0. The number of phenols is 1. The van der Waals surface area contributed by atoms with Gasteiger partial charge in [0.2, 0.25) is 0 Å². The van der Waals surface area contributed by atoms with E-state index in [9.17, 15) is 9.59 Å². The lowest BCUT2D eigenvalue weighted by Crippen LogP contribution is -2.35. The molecule has 0 spiro atoms. The summed E-state index contributed by atoms with van der Waals surface area (Å²) in [6, 6.07) is 4.41.